The first-order chi connectivity index (χ1) is 11.4. The third-order valence-corrected chi connectivity index (χ3v) is 4.62. The third-order valence-electron chi connectivity index (χ3n) is 3.74. The lowest BCUT2D eigenvalue weighted by Gasteiger charge is -2.10. The molecule has 0 unspecified atom stereocenters. The molecule has 2 aromatic carbocycles. The molecular weight excluding hydrogens is 302 g/mol. The number of thiophene rings is 1. The van der Waals surface area contributed by atoms with Crippen LogP contribution in [0.5, 0.6) is 0 Å². The molecule has 2 aromatic heterocycles. The summed E-state index contributed by atoms with van der Waals surface area (Å²) in [5.74, 6) is 0.824. The van der Waals surface area contributed by atoms with E-state index in [1.165, 1.54) is 5.56 Å². The number of anilines is 1. The van der Waals surface area contributed by atoms with Crippen molar-refractivity contribution in [1.29, 1.82) is 0 Å². The Balaban J connectivity index is 1.73. The minimum Gasteiger partial charge on any atom is -0.364 e. The highest BCUT2D eigenvalue weighted by atomic mass is 32.1. The molecule has 0 spiro atoms. The molecule has 0 aliphatic carbocycles. The lowest BCUT2D eigenvalue weighted by Crippen LogP contribution is -2.03. The Morgan fingerprint density at radius 3 is 2.35 bits per heavy atom. The second-order valence-electron chi connectivity index (χ2n) is 5.26. The molecule has 0 saturated heterocycles. The Morgan fingerprint density at radius 1 is 0.783 bits per heavy atom. The summed E-state index contributed by atoms with van der Waals surface area (Å²) in [6.07, 6.45) is 0. The number of nitrogens with zero attached hydrogens (tertiary/aromatic N) is 2. The Labute approximate surface area is 138 Å². The van der Waals surface area contributed by atoms with Gasteiger partial charge >= 0.3 is 0 Å². The first-order valence-electron chi connectivity index (χ1n) is 7.49. The van der Waals surface area contributed by atoms with Crippen LogP contribution < -0.4 is 5.32 Å². The molecule has 0 fully saturated rings. The van der Waals surface area contributed by atoms with E-state index >= 15 is 0 Å². The van der Waals surface area contributed by atoms with Crippen LogP contribution >= 0.6 is 11.3 Å². The van der Waals surface area contributed by atoms with Crippen LogP contribution in [0, 0.1) is 0 Å². The molecule has 0 bridgehead atoms. The number of benzene rings is 2. The van der Waals surface area contributed by atoms with Gasteiger partial charge in [0.15, 0.2) is 5.82 Å². The molecular formula is C19H15N3S. The summed E-state index contributed by atoms with van der Waals surface area (Å²) in [6.45, 7) is 0.734. The first-order valence-corrected chi connectivity index (χ1v) is 8.37. The van der Waals surface area contributed by atoms with Gasteiger partial charge in [0.1, 0.15) is 5.69 Å². The molecule has 3 nitrogen and oxygen atoms in total. The van der Waals surface area contributed by atoms with Crippen LogP contribution in [0.3, 0.4) is 0 Å². The number of hydrogen-bond acceptors (Lipinski definition) is 4. The summed E-state index contributed by atoms with van der Waals surface area (Å²) in [5, 5.41) is 16.6. The van der Waals surface area contributed by atoms with Gasteiger partial charge in [-0.3, -0.25) is 0 Å². The fourth-order valence-corrected chi connectivity index (χ4v) is 3.33. The van der Waals surface area contributed by atoms with Crippen molar-refractivity contribution in [1.82, 2.24) is 10.2 Å². The van der Waals surface area contributed by atoms with Crippen LogP contribution in [0.4, 0.5) is 5.82 Å². The average Bonchev–Trinajstić information content (AvgIpc) is 3.15. The van der Waals surface area contributed by atoms with Crippen LogP contribution in [0.25, 0.3) is 21.3 Å². The molecule has 0 saturated carbocycles. The SMILES string of the molecule is c1ccc(CNc2nnc(-c3cccs3)c3ccccc23)cc1. The molecule has 0 aliphatic rings. The fourth-order valence-electron chi connectivity index (χ4n) is 2.61. The van der Waals surface area contributed by atoms with Gasteiger partial charge in [-0.25, -0.2) is 0 Å². The van der Waals surface area contributed by atoms with Crippen molar-refractivity contribution < 1.29 is 0 Å². The molecule has 2 heterocycles. The zero-order chi connectivity index (χ0) is 15.5. The van der Waals surface area contributed by atoms with Crippen molar-refractivity contribution in [3.05, 3.63) is 77.7 Å². The van der Waals surface area contributed by atoms with Crippen LogP contribution in [-0.4, -0.2) is 10.2 Å². The highest BCUT2D eigenvalue weighted by Gasteiger charge is 2.11. The van der Waals surface area contributed by atoms with Crippen molar-refractivity contribution in [3.8, 4) is 10.6 Å². The van der Waals surface area contributed by atoms with Crippen LogP contribution in [0.15, 0.2) is 72.1 Å². The third kappa shape index (κ3) is 2.81. The first kappa shape index (κ1) is 13.9. The molecule has 0 amide bonds. The van der Waals surface area contributed by atoms with Crippen LogP contribution in [0.2, 0.25) is 0 Å². The summed E-state index contributed by atoms with van der Waals surface area (Å²) < 4.78 is 0. The summed E-state index contributed by atoms with van der Waals surface area (Å²) in [5.41, 5.74) is 2.17. The summed E-state index contributed by atoms with van der Waals surface area (Å²) in [4.78, 5) is 1.14. The van der Waals surface area contributed by atoms with E-state index in [9.17, 15) is 0 Å². The van der Waals surface area contributed by atoms with Crippen molar-refractivity contribution >= 4 is 27.9 Å². The topological polar surface area (TPSA) is 37.8 Å². The minimum atomic E-state index is 0.734. The number of nitrogens with one attached hydrogen (secondary N) is 1. The highest BCUT2D eigenvalue weighted by Crippen LogP contribution is 2.32. The molecule has 1 N–H and O–H groups in total. The largest absolute Gasteiger partial charge is 0.364 e. The minimum absolute atomic E-state index is 0.734. The lowest BCUT2D eigenvalue weighted by molar-refractivity contribution is 1.02. The molecule has 4 rings (SSSR count). The second kappa shape index (κ2) is 6.18. The maximum atomic E-state index is 4.46. The summed E-state index contributed by atoms with van der Waals surface area (Å²) in [7, 11) is 0. The molecule has 0 radical (unpaired) electrons. The average molecular weight is 317 g/mol. The number of hydrogen-bond donors (Lipinski definition) is 1. The molecule has 4 heteroatoms. The predicted octanol–water partition coefficient (Wildman–Crippen LogP) is 4.97. The van der Waals surface area contributed by atoms with Gasteiger partial charge in [-0.1, -0.05) is 60.7 Å². The highest BCUT2D eigenvalue weighted by molar-refractivity contribution is 7.13. The smallest absolute Gasteiger partial charge is 0.156 e. The summed E-state index contributed by atoms with van der Waals surface area (Å²) in [6, 6.07) is 22.7. The van der Waals surface area contributed by atoms with Gasteiger partial charge in [0, 0.05) is 17.3 Å². The van der Waals surface area contributed by atoms with E-state index in [0.29, 0.717) is 0 Å². The Kier molecular flexibility index (Phi) is 3.74. The zero-order valence-corrected chi connectivity index (χ0v) is 13.3. The fraction of sp³-hybridized carbons (Fsp3) is 0.0526. The van der Waals surface area contributed by atoms with Gasteiger partial charge < -0.3 is 5.32 Å². The van der Waals surface area contributed by atoms with Gasteiger partial charge in [-0.15, -0.1) is 21.5 Å². The number of aromatic nitrogens is 2. The van der Waals surface area contributed by atoms with E-state index in [4.69, 9.17) is 0 Å². The molecule has 0 aliphatic heterocycles. The van der Waals surface area contributed by atoms with Crippen molar-refractivity contribution in [2.75, 3.05) is 5.32 Å². The van der Waals surface area contributed by atoms with Crippen LogP contribution in [0.1, 0.15) is 5.56 Å². The predicted molar refractivity (Wildman–Crippen MR) is 96.6 cm³/mol. The molecule has 0 atom stereocenters. The molecule has 23 heavy (non-hydrogen) atoms. The van der Waals surface area contributed by atoms with Gasteiger partial charge in [0.2, 0.25) is 0 Å². The standard InChI is InChI=1S/C19H15N3S/c1-2-7-14(8-3-1)13-20-19-16-10-5-4-9-15(16)18(21-22-19)17-11-6-12-23-17/h1-12H,13H2,(H,20,22). The van der Waals surface area contributed by atoms with E-state index < -0.39 is 0 Å². The number of rotatable bonds is 4. The van der Waals surface area contributed by atoms with Crippen molar-refractivity contribution in [2.24, 2.45) is 0 Å². The second-order valence-corrected chi connectivity index (χ2v) is 6.21. The van der Waals surface area contributed by atoms with E-state index in [1.807, 2.05) is 36.4 Å². The molecule has 112 valence electrons. The zero-order valence-electron chi connectivity index (χ0n) is 12.4. The monoisotopic (exact) mass is 317 g/mol. The Bertz CT molecular complexity index is 918. The van der Waals surface area contributed by atoms with Gasteiger partial charge in [-0.05, 0) is 17.0 Å². The Morgan fingerprint density at radius 2 is 1.57 bits per heavy atom. The lowest BCUT2D eigenvalue weighted by atomic mass is 10.1. The van der Waals surface area contributed by atoms with E-state index in [2.05, 4.69) is 51.2 Å². The van der Waals surface area contributed by atoms with E-state index in [0.717, 1.165) is 33.7 Å². The maximum Gasteiger partial charge on any atom is 0.156 e. The van der Waals surface area contributed by atoms with Crippen molar-refractivity contribution in [3.63, 3.8) is 0 Å². The van der Waals surface area contributed by atoms with Gasteiger partial charge in [0.05, 0.1) is 4.88 Å². The van der Waals surface area contributed by atoms with Gasteiger partial charge in [0.25, 0.3) is 0 Å². The Hall–Kier alpha value is -2.72. The van der Waals surface area contributed by atoms with E-state index in [-0.39, 0.29) is 0 Å². The normalized spacial score (nSPS) is 10.8. The summed E-state index contributed by atoms with van der Waals surface area (Å²) >= 11 is 1.68. The quantitative estimate of drug-likeness (QED) is 0.577. The maximum absolute atomic E-state index is 4.46. The van der Waals surface area contributed by atoms with Crippen molar-refractivity contribution in [2.45, 2.75) is 6.54 Å². The van der Waals surface area contributed by atoms with E-state index in [1.54, 1.807) is 11.3 Å². The van der Waals surface area contributed by atoms with Crippen LogP contribution in [-0.2, 0) is 6.54 Å². The molecule has 4 aromatic rings. The number of fused-ring (bicyclic) bond motifs is 1. The van der Waals surface area contributed by atoms with Gasteiger partial charge in [-0.2, -0.15) is 0 Å².